The number of hydrogen-bond acceptors (Lipinski definition) is 4. The van der Waals surface area contributed by atoms with E-state index >= 15 is 0 Å². The maximum Gasteiger partial charge on any atom is 0.245 e. The minimum Gasteiger partial charge on any atom is -0.507 e. The van der Waals surface area contributed by atoms with Crippen LogP contribution in [0.3, 0.4) is 0 Å². The van der Waals surface area contributed by atoms with Crippen LogP contribution < -0.4 is 0 Å². The van der Waals surface area contributed by atoms with Gasteiger partial charge in [-0.25, -0.2) is 10.1 Å². The molecule has 0 saturated heterocycles. The number of aromatic amines is 1. The topological polar surface area (TPSA) is 74.2 Å². The van der Waals surface area contributed by atoms with E-state index in [1.54, 1.807) is 6.07 Å². The molecule has 0 aliphatic carbocycles. The van der Waals surface area contributed by atoms with Crippen molar-refractivity contribution in [3.05, 3.63) is 33.7 Å². The molecule has 76 valence electrons. The summed E-state index contributed by atoms with van der Waals surface area (Å²) in [7, 11) is 0. The molecule has 0 amide bonds. The Morgan fingerprint density at radius 3 is 3.07 bits per heavy atom. The van der Waals surface area contributed by atoms with Crippen molar-refractivity contribution in [2.45, 2.75) is 0 Å². The van der Waals surface area contributed by atoms with E-state index in [0.29, 0.717) is 11.5 Å². The summed E-state index contributed by atoms with van der Waals surface area (Å²) in [5, 5.41) is 15.8. The first-order chi connectivity index (χ1) is 7.25. The molecule has 0 aliphatic heterocycles. The van der Waals surface area contributed by atoms with Gasteiger partial charge < -0.3 is 5.11 Å². The quantitative estimate of drug-likeness (QED) is 0.656. The summed E-state index contributed by atoms with van der Waals surface area (Å²) in [6, 6.07) is 5.28. The maximum absolute atomic E-state index is 9.52. The number of rotatable bonds is 2. The third kappa shape index (κ3) is 2.52. The number of H-pyrrole nitrogens is 1. The number of aromatic hydroxyl groups is 1. The molecule has 0 spiro atoms. The van der Waals surface area contributed by atoms with Crippen molar-refractivity contribution in [2.24, 2.45) is 4.99 Å². The SMILES string of the molecule is Oc1ccc(I)cc1/C=N/c1ncn[nH]1. The largest absolute Gasteiger partial charge is 0.507 e. The van der Waals surface area contributed by atoms with Crippen LogP contribution in [0.5, 0.6) is 5.75 Å². The van der Waals surface area contributed by atoms with E-state index in [0.717, 1.165) is 3.57 Å². The van der Waals surface area contributed by atoms with Gasteiger partial charge in [0.1, 0.15) is 12.1 Å². The lowest BCUT2D eigenvalue weighted by atomic mass is 10.2. The number of aliphatic imine (C=N–C) groups is 1. The number of aromatic nitrogens is 3. The number of nitrogens with zero attached hydrogens (tertiary/aromatic N) is 3. The Hall–Kier alpha value is -1.44. The summed E-state index contributed by atoms with van der Waals surface area (Å²) in [6.07, 6.45) is 2.92. The van der Waals surface area contributed by atoms with Gasteiger partial charge in [-0.05, 0) is 40.8 Å². The second-order valence-electron chi connectivity index (χ2n) is 2.77. The first-order valence-corrected chi connectivity index (χ1v) is 5.21. The van der Waals surface area contributed by atoms with Crippen LogP contribution in [0, 0.1) is 3.57 Å². The standard InChI is InChI=1S/C9H7IN4O/c10-7-1-2-8(15)6(3-7)4-11-9-12-5-13-14-9/h1-5,15H,(H,12,13,14)/b11-4+. The van der Waals surface area contributed by atoms with Crippen molar-refractivity contribution in [2.75, 3.05) is 0 Å². The Bertz CT molecular complexity index is 481. The average molecular weight is 314 g/mol. The molecule has 1 aromatic carbocycles. The molecule has 2 rings (SSSR count). The second kappa shape index (κ2) is 4.39. The van der Waals surface area contributed by atoms with Crippen LogP contribution in [0.15, 0.2) is 29.5 Å². The van der Waals surface area contributed by atoms with Gasteiger partial charge in [0.2, 0.25) is 5.95 Å². The minimum absolute atomic E-state index is 0.193. The Morgan fingerprint density at radius 1 is 1.47 bits per heavy atom. The summed E-state index contributed by atoms with van der Waals surface area (Å²) >= 11 is 2.17. The molecule has 2 aromatic rings. The highest BCUT2D eigenvalue weighted by Crippen LogP contribution is 2.18. The number of nitrogens with one attached hydrogen (secondary N) is 1. The fourth-order valence-electron chi connectivity index (χ4n) is 1.02. The molecule has 0 saturated carbocycles. The predicted octanol–water partition coefficient (Wildman–Crippen LogP) is 1.87. The summed E-state index contributed by atoms with van der Waals surface area (Å²) in [6.45, 7) is 0. The zero-order valence-corrected chi connectivity index (χ0v) is 9.71. The fraction of sp³-hybridized carbons (Fsp3) is 0. The smallest absolute Gasteiger partial charge is 0.245 e. The van der Waals surface area contributed by atoms with Gasteiger partial charge in [0, 0.05) is 15.3 Å². The number of hydrogen-bond donors (Lipinski definition) is 2. The average Bonchev–Trinajstić information content (AvgIpc) is 2.72. The van der Waals surface area contributed by atoms with E-state index in [1.807, 2.05) is 12.1 Å². The molecular weight excluding hydrogens is 307 g/mol. The van der Waals surface area contributed by atoms with Gasteiger partial charge in [0.25, 0.3) is 0 Å². The molecule has 6 heteroatoms. The van der Waals surface area contributed by atoms with Crippen LogP contribution >= 0.6 is 22.6 Å². The van der Waals surface area contributed by atoms with Crippen molar-refractivity contribution in [1.82, 2.24) is 15.2 Å². The van der Waals surface area contributed by atoms with Crippen LogP contribution in [-0.4, -0.2) is 26.5 Å². The highest BCUT2D eigenvalue weighted by Gasteiger charge is 1.98. The van der Waals surface area contributed by atoms with Crippen molar-refractivity contribution < 1.29 is 5.11 Å². The van der Waals surface area contributed by atoms with Gasteiger partial charge in [0.15, 0.2) is 0 Å². The van der Waals surface area contributed by atoms with Crippen molar-refractivity contribution >= 4 is 34.8 Å². The highest BCUT2D eigenvalue weighted by molar-refractivity contribution is 14.1. The molecule has 5 nitrogen and oxygen atoms in total. The van der Waals surface area contributed by atoms with Gasteiger partial charge in [-0.15, -0.1) is 0 Å². The van der Waals surface area contributed by atoms with Crippen LogP contribution in [0.2, 0.25) is 0 Å². The zero-order chi connectivity index (χ0) is 10.7. The molecule has 0 bridgehead atoms. The normalized spacial score (nSPS) is 11.0. The lowest BCUT2D eigenvalue weighted by Crippen LogP contribution is -1.84. The molecule has 0 aliphatic rings. The van der Waals surface area contributed by atoms with Crippen molar-refractivity contribution in [3.63, 3.8) is 0 Å². The second-order valence-corrected chi connectivity index (χ2v) is 4.02. The maximum atomic E-state index is 9.52. The van der Waals surface area contributed by atoms with Gasteiger partial charge in [-0.1, -0.05) is 0 Å². The van der Waals surface area contributed by atoms with Gasteiger partial charge in [-0.2, -0.15) is 10.1 Å². The van der Waals surface area contributed by atoms with Crippen LogP contribution in [-0.2, 0) is 0 Å². The molecule has 1 heterocycles. The molecule has 2 N–H and O–H groups in total. The predicted molar refractivity (Wildman–Crippen MR) is 64.5 cm³/mol. The summed E-state index contributed by atoms with van der Waals surface area (Å²) in [4.78, 5) is 7.86. The van der Waals surface area contributed by atoms with E-state index in [2.05, 4.69) is 42.8 Å². The third-order valence-electron chi connectivity index (χ3n) is 1.72. The first kappa shape index (κ1) is 10.1. The molecule has 15 heavy (non-hydrogen) atoms. The van der Waals surface area contributed by atoms with E-state index in [4.69, 9.17) is 0 Å². The molecule has 0 unspecified atom stereocenters. The van der Waals surface area contributed by atoms with E-state index < -0.39 is 0 Å². The minimum atomic E-state index is 0.193. The third-order valence-corrected chi connectivity index (χ3v) is 2.39. The molecular formula is C9H7IN4O. The fourth-order valence-corrected chi connectivity index (χ4v) is 1.54. The summed E-state index contributed by atoms with van der Waals surface area (Å²) in [5.41, 5.74) is 0.651. The summed E-state index contributed by atoms with van der Waals surface area (Å²) < 4.78 is 1.03. The number of benzene rings is 1. The molecule has 0 fully saturated rings. The van der Waals surface area contributed by atoms with Gasteiger partial charge in [-0.3, -0.25) is 0 Å². The van der Waals surface area contributed by atoms with Crippen LogP contribution in [0.1, 0.15) is 5.56 Å². The number of halogens is 1. The van der Waals surface area contributed by atoms with Gasteiger partial charge >= 0.3 is 0 Å². The lowest BCUT2D eigenvalue weighted by molar-refractivity contribution is 0.474. The highest BCUT2D eigenvalue weighted by atomic mass is 127. The van der Waals surface area contributed by atoms with E-state index in [-0.39, 0.29) is 5.75 Å². The molecule has 1 aromatic heterocycles. The van der Waals surface area contributed by atoms with Gasteiger partial charge in [0.05, 0.1) is 0 Å². The number of phenols is 1. The van der Waals surface area contributed by atoms with E-state index in [1.165, 1.54) is 12.5 Å². The number of phenolic OH excluding ortho intramolecular Hbond substituents is 1. The summed E-state index contributed by atoms with van der Waals surface area (Å²) in [5.74, 6) is 0.604. The Morgan fingerprint density at radius 2 is 2.33 bits per heavy atom. The zero-order valence-electron chi connectivity index (χ0n) is 7.55. The molecule has 0 radical (unpaired) electrons. The lowest BCUT2D eigenvalue weighted by Gasteiger charge is -1.97. The van der Waals surface area contributed by atoms with Crippen molar-refractivity contribution in [3.8, 4) is 5.75 Å². The first-order valence-electron chi connectivity index (χ1n) is 4.13. The van der Waals surface area contributed by atoms with Crippen molar-refractivity contribution in [1.29, 1.82) is 0 Å². The Balaban J connectivity index is 2.27. The molecule has 0 atom stereocenters. The monoisotopic (exact) mass is 314 g/mol. The van der Waals surface area contributed by atoms with E-state index in [9.17, 15) is 5.11 Å². The Labute approximate surface area is 99.4 Å². The van der Waals surface area contributed by atoms with Crippen LogP contribution in [0.25, 0.3) is 0 Å². The Kier molecular flexibility index (Phi) is 2.95. The van der Waals surface area contributed by atoms with Crippen LogP contribution in [0.4, 0.5) is 5.95 Å².